The van der Waals surface area contributed by atoms with Crippen LogP contribution in [-0.4, -0.2) is 41.2 Å². The molecule has 1 rings (SSSR count). The third-order valence-corrected chi connectivity index (χ3v) is 3.69. The number of amides is 1. The van der Waals surface area contributed by atoms with Gasteiger partial charge < -0.3 is 10.0 Å². The first-order valence-corrected chi connectivity index (χ1v) is 6.63. The van der Waals surface area contributed by atoms with Crippen molar-refractivity contribution >= 4 is 23.6 Å². The van der Waals surface area contributed by atoms with Gasteiger partial charge in [-0.25, -0.2) is 0 Å². The summed E-state index contributed by atoms with van der Waals surface area (Å²) in [5, 5.41) is 8.55. The van der Waals surface area contributed by atoms with E-state index in [0.717, 1.165) is 10.5 Å². The predicted molar refractivity (Wildman–Crippen MR) is 71.8 cm³/mol. The van der Waals surface area contributed by atoms with Crippen molar-refractivity contribution in [3.05, 3.63) is 29.8 Å². The number of aryl methyl sites for hydroxylation is 1. The van der Waals surface area contributed by atoms with Crippen molar-refractivity contribution in [1.82, 2.24) is 4.90 Å². The number of nitrogens with zero attached hydrogens (tertiary/aromatic N) is 1. The van der Waals surface area contributed by atoms with Crippen molar-refractivity contribution in [3.63, 3.8) is 0 Å². The van der Waals surface area contributed by atoms with E-state index in [9.17, 15) is 9.59 Å². The number of rotatable bonds is 6. The lowest BCUT2D eigenvalue weighted by Crippen LogP contribution is -2.30. The van der Waals surface area contributed by atoms with Gasteiger partial charge in [-0.3, -0.25) is 9.59 Å². The van der Waals surface area contributed by atoms with E-state index in [0.29, 0.717) is 5.75 Å². The molecule has 0 aliphatic heterocycles. The highest BCUT2D eigenvalue weighted by atomic mass is 32.2. The summed E-state index contributed by atoms with van der Waals surface area (Å²) < 4.78 is 0. The molecule has 1 amide bonds. The van der Waals surface area contributed by atoms with Crippen LogP contribution in [-0.2, 0) is 9.59 Å². The summed E-state index contributed by atoms with van der Waals surface area (Å²) in [5.74, 6) is -0.605. The molecule has 1 N–H and O–H groups in total. The Kier molecular flexibility index (Phi) is 5.71. The van der Waals surface area contributed by atoms with Gasteiger partial charge in [-0.2, -0.15) is 0 Å². The molecule has 0 spiro atoms. The Morgan fingerprint density at radius 1 is 1.33 bits per heavy atom. The fourth-order valence-electron chi connectivity index (χ4n) is 1.36. The molecule has 0 aliphatic rings. The molecular formula is C13H17NO3S. The minimum Gasteiger partial charge on any atom is -0.481 e. The maximum Gasteiger partial charge on any atom is 0.305 e. The van der Waals surface area contributed by atoms with Gasteiger partial charge >= 0.3 is 5.97 Å². The number of carboxylic acid groups (broad SMARTS) is 1. The third kappa shape index (κ3) is 4.79. The zero-order chi connectivity index (χ0) is 13.5. The van der Waals surface area contributed by atoms with Crippen LogP contribution in [0.2, 0.25) is 0 Å². The van der Waals surface area contributed by atoms with Crippen LogP contribution in [0.1, 0.15) is 12.0 Å². The quantitative estimate of drug-likeness (QED) is 0.801. The summed E-state index contributed by atoms with van der Waals surface area (Å²) in [7, 11) is 1.63. The number of carbonyl (C=O) groups excluding carboxylic acids is 1. The first kappa shape index (κ1) is 14.6. The molecule has 0 bridgehead atoms. The van der Waals surface area contributed by atoms with E-state index in [1.54, 1.807) is 7.05 Å². The number of aliphatic carboxylic acids is 1. The van der Waals surface area contributed by atoms with E-state index < -0.39 is 5.97 Å². The summed E-state index contributed by atoms with van der Waals surface area (Å²) in [4.78, 5) is 24.7. The first-order valence-electron chi connectivity index (χ1n) is 5.65. The molecule has 1 aromatic carbocycles. The zero-order valence-electron chi connectivity index (χ0n) is 10.5. The Labute approximate surface area is 111 Å². The summed E-state index contributed by atoms with van der Waals surface area (Å²) in [5.41, 5.74) is 1.14. The van der Waals surface area contributed by atoms with Gasteiger partial charge in [0.25, 0.3) is 0 Å². The zero-order valence-corrected chi connectivity index (χ0v) is 11.4. The molecule has 0 radical (unpaired) electrons. The van der Waals surface area contributed by atoms with Crippen molar-refractivity contribution in [1.29, 1.82) is 0 Å². The number of thioether (sulfide) groups is 1. The molecule has 18 heavy (non-hydrogen) atoms. The summed E-state index contributed by atoms with van der Waals surface area (Å²) >= 11 is 1.48. The second-order valence-electron chi connectivity index (χ2n) is 4.01. The van der Waals surface area contributed by atoms with Gasteiger partial charge in [0.2, 0.25) is 5.91 Å². The fourth-order valence-corrected chi connectivity index (χ4v) is 2.33. The average Bonchev–Trinajstić information content (AvgIpc) is 2.34. The number of benzene rings is 1. The molecule has 0 heterocycles. The van der Waals surface area contributed by atoms with Crippen molar-refractivity contribution in [2.24, 2.45) is 0 Å². The maximum atomic E-state index is 11.8. The Hall–Kier alpha value is -1.49. The summed E-state index contributed by atoms with van der Waals surface area (Å²) in [6, 6.07) is 7.87. The van der Waals surface area contributed by atoms with E-state index in [2.05, 4.69) is 0 Å². The smallest absolute Gasteiger partial charge is 0.305 e. The molecule has 0 unspecified atom stereocenters. The Bertz CT molecular complexity index is 434. The Morgan fingerprint density at radius 3 is 2.61 bits per heavy atom. The Balaban J connectivity index is 2.41. The molecule has 5 heteroatoms. The van der Waals surface area contributed by atoms with Crippen molar-refractivity contribution < 1.29 is 14.7 Å². The van der Waals surface area contributed by atoms with Gasteiger partial charge in [-0.1, -0.05) is 18.2 Å². The van der Waals surface area contributed by atoms with Crippen LogP contribution >= 0.6 is 11.8 Å². The largest absolute Gasteiger partial charge is 0.481 e. The highest BCUT2D eigenvalue weighted by Gasteiger charge is 2.11. The second-order valence-corrected chi connectivity index (χ2v) is 5.03. The van der Waals surface area contributed by atoms with Gasteiger partial charge in [0.15, 0.2) is 0 Å². The second kappa shape index (κ2) is 7.06. The number of carbonyl (C=O) groups is 2. The molecule has 0 saturated heterocycles. The Morgan fingerprint density at radius 2 is 2.00 bits per heavy atom. The molecular weight excluding hydrogens is 250 g/mol. The van der Waals surface area contributed by atoms with Gasteiger partial charge in [-0.15, -0.1) is 11.8 Å². The lowest BCUT2D eigenvalue weighted by Gasteiger charge is -2.15. The van der Waals surface area contributed by atoms with Gasteiger partial charge in [0.1, 0.15) is 0 Å². The van der Waals surface area contributed by atoms with Crippen molar-refractivity contribution in [2.75, 3.05) is 19.3 Å². The lowest BCUT2D eigenvalue weighted by atomic mass is 10.2. The average molecular weight is 267 g/mol. The number of carboxylic acids is 1. The maximum absolute atomic E-state index is 11.8. The van der Waals surface area contributed by atoms with Crippen LogP contribution in [0, 0.1) is 6.92 Å². The van der Waals surface area contributed by atoms with Gasteiger partial charge in [0.05, 0.1) is 12.2 Å². The van der Waals surface area contributed by atoms with E-state index >= 15 is 0 Å². The fraction of sp³-hybridized carbons (Fsp3) is 0.385. The van der Waals surface area contributed by atoms with Crippen LogP contribution < -0.4 is 0 Å². The molecule has 0 saturated carbocycles. The molecule has 0 aliphatic carbocycles. The normalized spacial score (nSPS) is 10.1. The highest BCUT2D eigenvalue weighted by molar-refractivity contribution is 8.00. The first-order chi connectivity index (χ1) is 8.50. The minimum atomic E-state index is -0.888. The topological polar surface area (TPSA) is 57.6 Å². The highest BCUT2D eigenvalue weighted by Crippen LogP contribution is 2.21. The lowest BCUT2D eigenvalue weighted by molar-refractivity contribution is -0.137. The van der Waals surface area contributed by atoms with E-state index in [4.69, 9.17) is 5.11 Å². The standard InChI is InChI=1S/C13H17NO3S/c1-10-5-3-4-6-11(10)18-9-12(15)14(2)8-7-13(16)17/h3-6H,7-9H2,1-2H3,(H,16,17). The van der Waals surface area contributed by atoms with E-state index in [1.807, 2.05) is 31.2 Å². The van der Waals surface area contributed by atoms with Gasteiger partial charge in [-0.05, 0) is 18.6 Å². The molecule has 1 aromatic rings. The van der Waals surface area contributed by atoms with Crippen LogP contribution in [0.3, 0.4) is 0 Å². The summed E-state index contributed by atoms with van der Waals surface area (Å²) in [6.07, 6.45) is -0.0166. The van der Waals surface area contributed by atoms with E-state index in [-0.39, 0.29) is 18.9 Å². The molecule has 98 valence electrons. The van der Waals surface area contributed by atoms with Crippen LogP contribution in [0.4, 0.5) is 0 Å². The summed E-state index contributed by atoms with van der Waals surface area (Å²) in [6.45, 7) is 2.25. The van der Waals surface area contributed by atoms with Crippen LogP contribution in [0.5, 0.6) is 0 Å². The van der Waals surface area contributed by atoms with Crippen LogP contribution in [0.25, 0.3) is 0 Å². The molecule has 0 aromatic heterocycles. The monoisotopic (exact) mass is 267 g/mol. The number of hydrogen-bond donors (Lipinski definition) is 1. The number of hydrogen-bond acceptors (Lipinski definition) is 3. The van der Waals surface area contributed by atoms with E-state index in [1.165, 1.54) is 16.7 Å². The minimum absolute atomic E-state index is 0.0166. The van der Waals surface area contributed by atoms with Crippen molar-refractivity contribution in [2.45, 2.75) is 18.2 Å². The van der Waals surface area contributed by atoms with Gasteiger partial charge in [0, 0.05) is 18.5 Å². The SMILES string of the molecule is Cc1ccccc1SCC(=O)N(C)CCC(=O)O. The molecule has 0 fully saturated rings. The van der Waals surface area contributed by atoms with Crippen LogP contribution in [0.15, 0.2) is 29.2 Å². The van der Waals surface area contributed by atoms with Crippen molar-refractivity contribution in [3.8, 4) is 0 Å². The molecule has 0 atom stereocenters. The molecule has 4 nitrogen and oxygen atoms in total. The third-order valence-electron chi connectivity index (χ3n) is 2.53. The predicted octanol–water partition coefficient (Wildman–Crippen LogP) is 2.02.